The average Bonchev–Trinajstić information content (AvgIpc) is 2.36. The molecule has 0 aromatic heterocycles. The molecule has 0 spiro atoms. The third-order valence-corrected chi connectivity index (χ3v) is 2.30. The van der Waals surface area contributed by atoms with Gasteiger partial charge in [0.25, 0.3) is 5.91 Å². The van der Waals surface area contributed by atoms with Gasteiger partial charge in [-0.15, -0.1) is 0 Å². The number of hydrogen-bond acceptors (Lipinski definition) is 4. The molecule has 0 heterocycles. The van der Waals surface area contributed by atoms with Crippen molar-refractivity contribution in [2.75, 3.05) is 13.2 Å². The number of primary amides is 1. The van der Waals surface area contributed by atoms with E-state index in [0.29, 0.717) is 11.7 Å². The number of hydrogen-bond donors (Lipinski definition) is 2. The van der Waals surface area contributed by atoms with E-state index < -0.39 is 11.8 Å². The van der Waals surface area contributed by atoms with E-state index >= 15 is 0 Å². The molecular formula is C13H18N2O4. The molecule has 0 saturated heterocycles. The summed E-state index contributed by atoms with van der Waals surface area (Å²) in [6.45, 7) is 3.59. The molecule has 1 aromatic carbocycles. The lowest BCUT2D eigenvalue weighted by atomic mass is 10.0. The van der Waals surface area contributed by atoms with Crippen LogP contribution in [0.25, 0.3) is 0 Å². The summed E-state index contributed by atoms with van der Waals surface area (Å²) in [6.07, 6.45) is 0. The molecule has 19 heavy (non-hydrogen) atoms. The molecule has 6 heteroatoms. The van der Waals surface area contributed by atoms with Gasteiger partial charge in [-0.2, -0.15) is 0 Å². The largest absolute Gasteiger partial charge is 0.484 e. The highest BCUT2D eigenvalue weighted by atomic mass is 16.7. The van der Waals surface area contributed by atoms with E-state index in [2.05, 4.69) is 24.2 Å². The smallest absolute Gasteiger partial charge is 0.281 e. The van der Waals surface area contributed by atoms with Crippen molar-refractivity contribution < 1.29 is 19.2 Å². The zero-order valence-corrected chi connectivity index (χ0v) is 11.0. The van der Waals surface area contributed by atoms with Gasteiger partial charge in [-0.05, 0) is 23.6 Å². The number of nitrogens with one attached hydrogen (secondary N) is 1. The lowest BCUT2D eigenvalue weighted by molar-refractivity contribution is -0.139. The van der Waals surface area contributed by atoms with Gasteiger partial charge in [0.15, 0.2) is 13.2 Å². The van der Waals surface area contributed by atoms with Gasteiger partial charge < -0.3 is 10.5 Å². The van der Waals surface area contributed by atoms with Crippen molar-refractivity contribution in [2.24, 2.45) is 5.73 Å². The maximum atomic E-state index is 11.3. The second-order valence-electron chi connectivity index (χ2n) is 4.30. The van der Waals surface area contributed by atoms with Gasteiger partial charge in [0.2, 0.25) is 5.91 Å². The lowest BCUT2D eigenvalue weighted by Gasteiger charge is -2.10. The molecule has 104 valence electrons. The minimum atomic E-state index is -0.661. The summed E-state index contributed by atoms with van der Waals surface area (Å²) in [7, 11) is 0. The number of rotatable bonds is 7. The molecule has 1 aromatic rings. The SMILES string of the molecule is CC(C)c1cccc(OCC(=O)NOCC(N)=O)c1. The molecule has 0 unspecified atom stereocenters. The average molecular weight is 266 g/mol. The Morgan fingerprint density at radius 3 is 2.68 bits per heavy atom. The number of nitrogens with two attached hydrogens (primary N) is 1. The van der Waals surface area contributed by atoms with Crippen LogP contribution in [0.1, 0.15) is 25.3 Å². The Morgan fingerprint density at radius 2 is 2.05 bits per heavy atom. The Balaban J connectivity index is 2.37. The van der Waals surface area contributed by atoms with Crippen LogP contribution in [0.3, 0.4) is 0 Å². The lowest BCUT2D eigenvalue weighted by Crippen LogP contribution is -2.32. The molecule has 3 N–H and O–H groups in total. The number of benzene rings is 1. The van der Waals surface area contributed by atoms with Gasteiger partial charge in [-0.25, -0.2) is 5.48 Å². The quantitative estimate of drug-likeness (QED) is 0.711. The fourth-order valence-electron chi connectivity index (χ4n) is 1.33. The van der Waals surface area contributed by atoms with Crippen molar-refractivity contribution in [1.82, 2.24) is 5.48 Å². The molecule has 0 aliphatic rings. The number of carbonyl (C=O) groups is 2. The molecule has 6 nitrogen and oxygen atoms in total. The van der Waals surface area contributed by atoms with Crippen LogP contribution in [-0.4, -0.2) is 25.0 Å². The van der Waals surface area contributed by atoms with Gasteiger partial charge in [-0.1, -0.05) is 26.0 Å². The number of carbonyl (C=O) groups excluding carboxylic acids is 2. The van der Waals surface area contributed by atoms with Crippen LogP contribution in [0.5, 0.6) is 5.75 Å². The summed E-state index contributed by atoms with van der Waals surface area (Å²) in [5.41, 5.74) is 8.03. The van der Waals surface area contributed by atoms with Gasteiger partial charge in [-0.3, -0.25) is 14.4 Å². The Kier molecular flexibility index (Phi) is 5.81. The number of hydroxylamine groups is 1. The Bertz CT molecular complexity index is 446. The van der Waals surface area contributed by atoms with E-state index in [1.54, 1.807) is 6.07 Å². The van der Waals surface area contributed by atoms with E-state index in [1.807, 2.05) is 18.2 Å². The summed E-state index contributed by atoms with van der Waals surface area (Å²) in [6, 6.07) is 7.51. The van der Waals surface area contributed by atoms with Gasteiger partial charge in [0, 0.05) is 0 Å². The van der Waals surface area contributed by atoms with Crippen LogP contribution in [0.4, 0.5) is 0 Å². The third kappa shape index (κ3) is 5.87. The molecule has 0 aliphatic heterocycles. The van der Waals surface area contributed by atoms with E-state index in [-0.39, 0.29) is 13.2 Å². The Hall–Kier alpha value is -2.08. The molecule has 0 atom stereocenters. The second kappa shape index (κ2) is 7.38. The van der Waals surface area contributed by atoms with Crippen LogP contribution in [0, 0.1) is 0 Å². The number of ether oxygens (including phenoxy) is 1. The fourth-order valence-corrected chi connectivity index (χ4v) is 1.33. The first-order valence-corrected chi connectivity index (χ1v) is 5.90. The third-order valence-electron chi connectivity index (χ3n) is 2.30. The molecule has 0 aliphatic carbocycles. The maximum Gasteiger partial charge on any atom is 0.281 e. The van der Waals surface area contributed by atoms with Crippen molar-refractivity contribution in [2.45, 2.75) is 19.8 Å². The monoisotopic (exact) mass is 266 g/mol. The van der Waals surface area contributed by atoms with E-state index in [0.717, 1.165) is 5.56 Å². The van der Waals surface area contributed by atoms with Crippen LogP contribution < -0.4 is 16.0 Å². The highest BCUT2D eigenvalue weighted by Crippen LogP contribution is 2.19. The van der Waals surface area contributed by atoms with Gasteiger partial charge in [0.1, 0.15) is 5.75 Å². The van der Waals surface area contributed by atoms with Gasteiger partial charge in [0.05, 0.1) is 0 Å². The topological polar surface area (TPSA) is 90.7 Å². The number of amides is 2. The molecule has 1 rings (SSSR count). The normalized spacial score (nSPS) is 10.3. The van der Waals surface area contributed by atoms with Crippen molar-refractivity contribution in [3.63, 3.8) is 0 Å². The molecular weight excluding hydrogens is 248 g/mol. The molecule has 0 radical (unpaired) electrons. The van der Waals surface area contributed by atoms with E-state index in [4.69, 9.17) is 10.5 Å². The van der Waals surface area contributed by atoms with Crippen LogP contribution in [0.2, 0.25) is 0 Å². The predicted octanol–water partition coefficient (Wildman–Crippen LogP) is 0.722. The summed E-state index contributed by atoms with van der Waals surface area (Å²) in [5, 5.41) is 0. The second-order valence-corrected chi connectivity index (χ2v) is 4.30. The predicted molar refractivity (Wildman–Crippen MR) is 69.3 cm³/mol. The summed E-state index contributed by atoms with van der Waals surface area (Å²) in [5.74, 6) is -0.158. The first kappa shape index (κ1) is 15.0. The molecule has 2 amide bonds. The highest BCUT2D eigenvalue weighted by molar-refractivity contribution is 5.77. The standard InChI is InChI=1S/C13H18N2O4/c1-9(2)10-4-3-5-11(6-10)18-8-13(17)15-19-7-12(14)16/h3-6,9H,7-8H2,1-2H3,(H2,14,16)(H,15,17). The minimum Gasteiger partial charge on any atom is -0.484 e. The van der Waals surface area contributed by atoms with Crippen LogP contribution >= 0.6 is 0 Å². The fraction of sp³-hybridized carbons (Fsp3) is 0.385. The zero-order valence-electron chi connectivity index (χ0n) is 11.0. The van der Waals surface area contributed by atoms with Crippen molar-refractivity contribution in [1.29, 1.82) is 0 Å². The molecule has 0 fully saturated rings. The summed E-state index contributed by atoms with van der Waals surface area (Å²) in [4.78, 5) is 26.2. The van der Waals surface area contributed by atoms with E-state index in [9.17, 15) is 9.59 Å². The zero-order chi connectivity index (χ0) is 14.3. The Labute approximate surface area is 111 Å². The van der Waals surface area contributed by atoms with E-state index in [1.165, 1.54) is 0 Å². The van der Waals surface area contributed by atoms with Gasteiger partial charge >= 0.3 is 0 Å². The van der Waals surface area contributed by atoms with Crippen LogP contribution in [0.15, 0.2) is 24.3 Å². The summed E-state index contributed by atoms with van der Waals surface area (Å²) < 4.78 is 5.31. The van der Waals surface area contributed by atoms with Crippen LogP contribution in [-0.2, 0) is 14.4 Å². The minimum absolute atomic E-state index is 0.194. The molecule has 0 bridgehead atoms. The summed E-state index contributed by atoms with van der Waals surface area (Å²) >= 11 is 0. The first-order valence-electron chi connectivity index (χ1n) is 5.90. The van der Waals surface area contributed by atoms with Crippen molar-refractivity contribution in [3.05, 3.63) is 29.8 Å². The maximum absolute atomic E-state index is 11.3. The molecule has 0 saturated carbocycles. The highest BCUT2D eigenvalue weighted by Gasteiger charge is 2.05. The first-order chi connectivity index (χ1) is 8.99. The van der Waals surface area contributed by atoms with Crippen molar-refractivity contribution >= 4 is 11.8 Å². The Morgan fingerprint density at radius 1 is 1.32 bits per heavy atom. The van der Waals surface area contributed by atoms with Crippen molar-refractivity contribution in [3.8, 4) is 5.75 Å².